The lowest BCUT2D eigenvalue weighted by molar-refractivity contribution is 0.404. The summed E-state index contributed by atoms with van der Waals surface area (Å²) in [5.41, 5.74) is 2.72. The lowest BCUT2D eigenvalue weighted by Crippen LogP contribution is -2.40. The minimum absolute atomic E-state index is 0.353. The molecule has 1 aliphatic carbocycles. The van der Waals surface area contributed by atoms with Gasteiger partial charge in [-0.05, 0) is 45.8 Å². The normalized spacial score (nSPS) is 30.2. The zero-order valence-corrected chi connectivity index (χ0v) is 12.4. The summed E-state index contributed by atoms with van der Waals surface area (Å²) in [6, 6.07) is 0.788. The van der Waals surface area contributed by atoms with Crippen molar-refractivity contribution in [3.63, 3.8) is 0 Å². The highest BCUT2D eigenvalue weighted by molar-refractivity contribution is 5.87. The van der Waals surface area contributed by atoms with Crippen molar-refractivity contribution in [1.29, 1.82) is 0 Å². The molecule has 2 nitrogen and oxygen atoms in total. The van der Waals surface area contributed by atoms with Crippen molar-refractivity contribution >= 4 is 5.84 Å². The Bertz CT molecular complexity index is 473. The van der Waals surface area contributed by atoms with E-state index in [9.17, 15) is 0 Å². The summed E-state index contributed by atoms with van der Waals surface area (Å²) >= 11 is 0. The summed E-state index contributed by atoms with van der Waals surface area (Å²) < 4.78 is 0. The van der Waals surface area contributed by atoms with Crippen molar-refractivity contribution in [1.82, 2.24) is 4.90 Å². The standard InChI is InChI=1S/C17H24N2/c1-13(2)18-17-12-11-15-9-7-5-6-8-10-16(15)19(17)14(3)4/h5-10,13-14H,11-12H2,1-4H3/b6-5?,7-5-,8-6-,9-7?,10-8?,15-9-,16-10+,18-17+. The molecule has 0 saturated carbocycles. The van der Waals surface area contributed by atoms with Gasteiger partial charge >= 0.3 is 0 Å². The van der Waals surface area contributed by atoms with Crippen LogP contribution in [0.2, 0.25) is 0 Å². The third kappa shape index (κ3) is 3.25. The molecule has 0 atom stereocenters. The van der Waals surface area contributed by atoms with Gasteiger partial charge in [-0.3, -0.25) is 4.99 Å². The van der Waals surface area contributed by atoms with Gasteiger partial charge in [-0.2, -0.15) is 0 Å². The number of nitrogens with zero attached hydrogens (tertiary/aromatic N) is 2. The number of hydrogen-bond donors (Lipinski definition) is 0. The Labute approximate surface area is 116 Å². The fourth-order valence-corrected chi connectivity index (χ4v) is 2.59. The van der Waals surface area contributed by atoms with E-state index in [-0.39, 0.29) is 0 Å². The van der Waals surface area contributed by atoms with Gasteiger partial charge in [-0.15, -0.1) is 0 Å². The predicted molar refractivity (Wildman–Crippen MR) is 83.2 cm³/mol. The minimum atomic E-state index is 0.353. The zero-order valence-electron chi connectivity index (χ0n) is 12.4. The van der Waals surface area contributed by atoms with Crippen LogP contribution in [0.25, 0.3) is 0 Å². The van der Waals surface area contributed by atoms with Crippen LogP contribution in [0.5, 0.6) is 0 Å². The third-order valence-electron chi connectivity index (χ3n) is 3.29. The summed E-state index contributed by atoms with van der Waals surface area (Å²) in [6.45, 7) is 8.76. The van der Waals surface area contributed by atoms with Gasteiger partial charge in [0.15, 0.2) is 0 Å². The molecule has 0 aromatic heterocycles. The fraction of sp³-hybridized carbons (Fsp3) is 0.471. The molecule has 0 N–H and O–H groups in total. The Kier molecular flexibility index (Phi) is 4.41. The quantitative estimate of drug-likeness (QED) is 0.721. The lowest BCUT2D eigenvalue weighted by atomic mass is 9.96. The maximum atomic E-state index is 4.82. The van der Waals surface area contributed by atoms with E-state index in [4.69, 9.17) is 4.99 Å². The molecule has 2 aliphatic rings. The third-order valence-corrected chi connectivity index (χ3v) is 3.29. The molecular formula is C17H24N2. The fourth-order valence-electron chi connectivity index (χ4n) is 2.59. The number of amidine groups is 1. The summed E-state index contributed by atoms with van der Waals surface area (Å²) in [6.07, 6.45) is 15.0. The Morgan fingerprint density at radius 1 is 0.947 bits per heavy atom. The van der Waals surface area contributed by atoms with Crippen molar-refractivity contribution in [2.75, 3.05) is 0 Å². The second-order valence-corrected chi connectivity index (χ2v) is 5.62. The zero-order chi connectivity index (χ0) is 13.8. The van der Waals surface area contributed by atoms with Crippen molar-refractivity contribution in [3.8, 4) is 0 Å². The number of aliphatic imine (C=N–C) groups is 1. The predicted octanol–water partition coefficient (Wildman–Crippen LogP) is 4.23. The summed E-state index contributed by atoms with van der Waals surface area (Å²) in [7, 11) is 0. The maximum absolute atomic E-state index is 4.82. The molecular weight excluding hydrogens is 232 g/mol. The SMILES string of the molecule is CC(C)/N=C1\CCC2=C/C=C\C=C/C=C\2N1C(C)C. The van der Waals surface area contributed by atoms with E-state index in [0.717, 1.165) is 12.8 Å². The molecule has 1 heterocycles. The van der Waals surface area contributed by atoms with Gasteiger partial charge in [0.25, 0.3) is 0 Å². The molecule has 0 amide bonds. The van der Waals surface area contributed by atoms with Crippen LogP contribution in [0, 0.1) is 0 Å². The molecule has 0 unspecified atom stereocenters. The van der Waals surface area contributed by atoms with Gasteiger partial charge in [-0.1, -0.05) is 30.4 Å². The van der Waals surface area contributed by atoms with Crippen molar-refractivity contribution < 1.29 is 0 Å². The van der Waals surface area contributed by atoms with E-state index in [1.807, 2.05) is 0 Å². The van der Waals surface area contributed by atoms with Gasteiger partial charge in [0.1, 0.15) is 5.84 Å². The molecule has 1 fully saturated rings. The summed E-state index contributed by atoms with van der Waals surface area (Å²) in [5.74, 6) is 1.23. The Hall–Kier alpha value is -1.57. The van der Waals surface area contributed by atoms with E-state index in [0.29, 0.717) is 12.1 Å². The number of piperidine rings is 1. The van der Waals surface area contributed by atoms with E-state index >= 15 is 0 Å². The van der Waals surface area contributed by atoms with Gasteiger partial charge in [0, 0.05) is 24.2 Å². The van der Waals surface area contributed by atoms with Crippen LogP contribution < -0.4 is 0 Å². The average Bonchev–Trinajstić information content (AvgIpc) is 2.29. The molecule has 0 bridgehead atoms. The first-order valence-corrected chi connectivity index (χ1v) is 7.20. The molecule has 0 radical (unpaired) electrons. The monoisotopic (exact) mass is 256 g/mol. The van der Waals surface area contributed by atoms with Gasteiger partial charge < -0.3 is 4.90 Å². The highest BCUT2D eigenvalue weighted by Crippen LogP contribution is 2.31. The van der Waals surface area contributed by atoms with E-state index in [2.05, 4.69) is 69.1 Å². The van der Waals surface area contributed by atoms with E-state index in [1.165, 1.54) is 17.1 Å². The van der Waals surface area contributed by atoms with Crippen LogP contribution in [-0.2, 0) is 0 Å². The number of likely N-dealkylation sites (tertiary alicyclic amines) is 1. The number of hydrogen-bond acceptors (Lipinski definition) is 1. The van der Waals surface area contributed by atoms with Crippen molar-refractivity contribution in [3.05, 3.63) is 47.7 Å². The second-order valence-electron chi connectivity index (χ2n) is 5.62. The molecule has 2 rings (SSSR count). The first-order valence-electron chi connectivity index (χ1n) is 7.20. The molecule has 0 spiro atoms. The highest BCUT2D eigenvalue weighted by Gasteiger charge is 2.26. The van der Waals surface area contributed by atoms with Crippen LogP contribution in [-0.4, -0.2) is 22.8 Å². The maximum Gasteiger partial charge on any atom is 0.104 e. The van der Waals surface area contributed by atoms with Crippen LogP contribution in [0.1, 0.15) is 40.5 Å². The molecule has 1 aliphatic heterocycles. The van der Waals surface area contributed by atoms with Gasteiger partial charge in [0.05, 0.1) is 0 Å². The van der Waals surface area contributed by atoms with Crippen molar-refractivity contribution in [2.45, 2.75) is 52.6 Å². The Balaban J connectivity index is 2.42. The summed E-state index contributed by atoms with van der Waals surface area (Å²) in [5, 5.41) is 0. The van der Waals surface area contributed by atoms with Crippen molar-refractivity contribution in [2.24, 2.45) is 4.99 Å². The van der Waals surface area contributed by atoms with Crippen LogP contribution in [0.15, 0.2) is 52.7 Å². The van der Waals surface area contributed by atoms with Crippen LogP contribution in [0.3, 0.4) is 0 Å². The topological polar surface area (TPSA) is 15.6 Å². The largest absolute Gasteiger partial charge is 0.327 e. The van der Waals surface area contributed by atoms with E-state index < -0.39 is 0 Å². The Morgan fingerprint density at radius 3 is 2.26 bits per heavy atom. The first kappa shape index (κ1) is 13.9. The number of allylic oxidation sites excluding steroid dienone is 7. The molecule has 1 saturated heterocycles. The minimum Gasteiger partial charge on any atom is -0.327 e. The molecule has 102 valence electrons. The number of rotatable bonds is 2. The second kappa shape index (κ2) is 6.05. The average molecular weight is 256 g/mol. The lowest BCUT2D eigenvalue weighted by Gasteiger charge is -2.38. The smallest absolute Gasteiger partial charge is 0.104 e. The molecule has 19 heavy (non-hydrogen) atoms. The van der Waals surface area contributed by atoms with Crippen LogP contribution in [0.4, 0.5) is 0 Å². The van der Waals surface area contributed by atoms with Gasteiger partial charge in [-0.25, -0.2) is 0 Å². The highest BCUT2D eigenvalue weighted by atomic mass is 15.2. The first-order chi connectivity index (χ1) is 9.09. The Morgan fingerprint density at radius 2 is 1.63 bits per heavy atom. The van der Waals surface area contributed by atoms with Gasteiger partial charge in [0.2, 0.25) is 0 Å². The molecule has 0 aromatic carbocycles. The summed E-state index contributed by atoms with van der Waals surface area (Å²) in [4.78, 5) is 7.20. The number of fused-ring (bicyclic) bond motifs is 1. The van der Waals surface area contributed by atoms with Crippen LogP contribution >= 0.6 is 0 Å². The molecule has 0 aromatic rings. The molecule has 2 heteroatoms. The van der Waals surface area contributed by atoms with E-state index in [1.54, 1.807) is 0 Å².